The largest absolute Gasteiger partial charge is 0.346 e. The van der Waals surface area contributed by atoms with Gasteiger partial charge in [0.15, 0.2) is 11.5 Å². The van der Waals surface area contributed by atoms with E-state index in [4.69, 9.17) is 0 Å². The van der Waals surface area contributed by atoms with Crippen LogP contribution in [0.3, 0.4) is 0 Å². The first-order chi connectivity index (χ1) is 14.0. The van der Waals surface area contributed by atoms with E-state index in [2.05, 4.69) is 20.4 Å². The van der Waals surface area contributed by atoms with Crippen LogP contribution in [0.1, 0.15) is 24.4 Å². The van der Waals surface area contributed by atoms with Crippen molar-refractivity contribution >= 4 is 11.6 Å². The van der Waals surface area contributed by atoms with Crippen LogP contribution in [0.4, 0.5) is 8.78 Å². The highest BCUT2D eigenvalue weighted by Gasteiger charge is 2.16. The van der Waals surface area contributed by atoms with E-state index in [-0.39, 0.29) is 18.1 Å². The lowest BCUT2D eigenvalue weighted by Gasteiger charge is -2.10. The number of carbonyl (C=O) groups is 1. The molecule has 29 heavy (non-hydrogen) atoms. The van der Waals surface area contributed by atoms with Gasteiger partial charge in [0.2, 0.25) is 5.91 Å². The van der Waals surface area contributed by atoms with Gasteiger partial charge in [-0.25, -0.2) is 23.3 Å². The molecule has 0 aliphatic heterocycles. The van der Waals surface area contributed by atoms with E-state index in [0.29, 0.717) is 22.7 Å². The molecule has 2 aromatic carbocycles. The molecule has 4 rings (SSSR count). The Bertz CT molecular complexity index is 1170. The van der Waals surface area contributed by atoms with Crippen molar-refractivity contribution in [1.82, 2.24) is 24.9 Å². The molecule has 0 aliphatic rings. The standard InChI is InChI=1S/C21H17F2N5O/c1-13(25-20(29)10-15-4-2-3-5-17(15)23)21-26-19-11-18(24-12-28(19)27-21)14-6-8-16(22)9-7-14/h2-9,11-13H,10H2,1H3,(H,25,29)/t13-/m0/s1. The minimum atomic E-state index is -0.469. The maximum absolute atomic E-state index is 13.7. The Morgan fingerprint density at radius 3 is 2.66 bits per heavy atom. The number of aromatic nitrogens is 4. The molecule has 8 heteroatoms. The topological polar surface area (TPSA) is 72.2 Å². The van der Waals surface area contributed by atoms with E-state index < -0.39 is 11.9 Å². The Kier molecular flexibility index (Phi) is 4.99. The summed E-state index contributed by atoms with van der Waals surface area (Å²) in [7, 11) is 0. The molecule has 6 nitrogen and oxygen atoms in total. The molecule has 2 heterocycles. The minimum absolute atomic E-state index is 0.0688. The van der Waals surface area contributed by atoms with Gasteiger partial charge in [-0.05, 0) is 42.8 Å². The first-order valence-corrected chi connectivity index (χ1v) is 9.00. The zero-order valence-corrected chi connectivity index (χ0v) is 15.5. The molecular formula is C21H17F2N5O. The summed E-state index contributed by atoms with van der Waals surface area (Å²) in [4.78, 5) is 21.0. The van der Waals surface area contributed by atoms with E-state index in [1.165, 1.54) is 29.0 Å². The predicted octanol–water partition coefficient (Wildman–Crippen LogP) is 3.49. The van der Waals surface area contributed by atoms with Crippen LogP contribution < -0.4 is 5.32 Å². The second-order valence-corrected chi connectivity index (χ2v) is 6.61. The van der Waals surface area contributed by atoms with Crippen LogP contribution in [-0.2, 0) is 11.2 Å². The van der Waals surface area contributed by atoms with Crippen molar-refractivity contribution in [2.75, 3.05) is 0 Å². The molecular weight excluding hydrogens is 376 g/mol. The Balaban J connectivity index is 1.50. The molecule has 2 aromatic heterocycles. The zero-order chi connectivity index (χ0) is 20.4. The maximum atomic E-state index is 13.7. The fraction of sp³-hybridized carbons (Fsp3) is 0.143. The van der Waals surface area contributed by atoms with Gasteiger partial charge >= 0.3 is 0 Å². The molecule has 0 bridgehead atoms. The quantitative estimate of drug-likeness (QED) is 0.563. The number of halogens is 2. The SMILES string of the molecule is C[C@H](NC(=O)Cc1ccccc1F)c1nc2cc(-c3ccc(F)cc3)ncn2n1. The Labute approximate surface area is 165 Å². The first kappa shape index (κ1) is 18.7. The third-order valence-corrected chi connectivity index (χ3v) is 4.46. The first-order valence-electron chi connectivity index (χ1n) is 9.00. The smallest absolute Gasteiger partial charge is 0.225 e. The Morgan fingerprint density at radius 2 is 1.90 bits per heavy atom. The molecule has 1 N–H and O–H groups in total. The normalized spacial score (nSPS) is 12.1. The van der Waals surface area contributed by atoms with Crippen molar-refractivity contribution in [1.29, 1.82) is 0 Å². The van der Waals surface area contributed by atoms with Crippen molar-refractivity contribution in [3.8, 4) is 11.3 Å². The Morgan fingerprint density at radius 1 is 1.14 bits per heavy atom. The molecule has 0 unspecified atom stereocenters. The summed E-state index contributed by atoms with van der Waals surface area (Å²) < 4.78 is 28.3. The molecule has 0 aliphatic carbocycles. The average Bonchev–Trinajstić information content (AvgIpc) is 3.14. The Hall–Kier alpha value is -3.68. The van der Waals surface area contributed by atoms with Gasteiger partial charge in [-0.3, -0.25) is 4.79 Å². The van der Waals surface area contributed by atoms with Crippen molar-refractivity contribution in [2.45, 2.75) is 19.4 Å². The molecule has 0 radical (unpaired) electrons. The molecule has 146 valence electrons. The van der Waals surface area contributed by atoms with Gasteiger partial charge in [0.1, 0.15) is 18.0 Å². The number of nitrogens with zero attached hydrogens (tertiary/aromatic N) is 4. The van der Waals surface area contributed by atoms with Crippen LogP contribution >= 0.6 is 0 Å². The zero-order valence-electron chi connectivity index (χ0n) is 15.5. The highest BCUT2D eigenvalue weighted by atomic mass is 19.1. The van der Waals surface area contributed by atoms with Gasteiger partial charge in [0.05, 0.1) is 18.2 Å². The van der Waals surface area contributed by atoms with Crippen LogP contribution in [0.15, 0.2) is 60.9 Å². The van der Waals surface area contributed by atoms with Crippen molar-refractivity contribution in [2.24, 2.45) is 0 Å². The highest BCUT2D eigenvalue weighted by Crippen LogP contribution is 2.19. The molecule has 1 atom stereocenters. The lowest BCUT2D eigenvalue weighted by molar-refractivity contribution is -0.121. The van der Waals surface area contributed by atoms with Gasteiger partial charge in [-0.1, -0.05) is 18.2 Å². The fourth-order valence-electron chi connectivity index (χ4n) is 2.95. The van der Waals surface area contributed by atoms with E-state index in [9.17, 15) is 13.6 Å². The van der Waals surface area contributed by atoms with Gasteiger partial charge in [-0.2, -0.15) is 0 Å². The third kappa shape index (κ3) is 4.11. The second-order valence-electron chi connectivity index (χ2n) is 6.61. The molecule has 0 saturated heterocycles. The summed E-state index contributed by atoms with van der Waals surface area (Å²) in [5.41, 5.74) is 2.26. The third-order valence-electron chi connectivity index (χ3n) is 4.46. The van der Waals surface area contributed by atoms with E-state index in [1.54, 1.807) is 43.3 Å². The second kappa shape index (κ2) is 7.75. The van der Waals surface area contributed by atoms with Gasteiger partial charge in [0, 0.05) is 11.6 Å². The van der Waals surface area contributed by atoms with Crippen LogP contribution in [0.5, 0.6) is 0 Å². The fourth-order valence-corrected chi connectivity index (χ4v) is 2.95. The highest BCUT2D eigenvalue weighted by molar-refractivity contribution is 5.79. The van der Waals surface area contributed by atoms with Crippen LogP contribution in [0.25, 0.3) is 16.9 Å². The van der Waals surface area contributed by atoms with E-state index in [0.717, 1.165) is 5.56 Å². The molecule has 0 saturated carbocycles. The van der Waals surface area contributed by atoms with Gasteiger partial charge < -0.3 is 5.32 Å². The van der Waals surface area contributed by atoms with Crippen molar-refractivity contribution < 1.29 is 13.6 Å². The summed E-state index contributed by atoms with van der Waals surface area (Å²) in [5.74, 6) is -0.656. The summed E-state index contributed by atoms with van der Waals surface area (Å²) in [6.07, 6.45) is 1.44. The number of benzene rings is 2. The van der Waals surface area contributed by atoms with Crippen molar-refractivity contribution in [3.05, 3.63) is 83.9 Å². The molecule has 1 amide bonds. The predicted molar refractivity (Wildman–Crippen MR) is 103 cm³/mol. The van der Waals surface area contributed by atoms with E-state index in [1.807, 2.05) is 0 Å². The number of rotatable bonds is 5. The molecule has 0 fully saturated rings. The van der Waals surface area contributed by atoms with Crippen LogP contribution in [0, 0.1) is 11.6 Å². The number of carbonyl (C=O) groups excluding carboxylic acids is 1. The summed E-state index contributed by atoms with van der Waals surface area (Å²) in [5, 5.41) is 7.11. The average molecular weight is 393 g/mol. The summed E-state index contributed by atoms with van der Waals surface area (Å²) in [6.45, 7) is 1.75. The number of amides is 1. The van der Waals surface area contributed by atoms with E-state index >= 15 is 0 Å². The molecule has 4 aromatic rings. The number of hydrogen-bond donors (Lipinski definition) is 1. The van der Waals surface area contributed by atoms with Gasteiger partial charge in [0.25, 0.3) is 0 Å². The lowest BCUT2D eigenvalue weighted by atomic mass is 10.1. The molecule has 0 spiro atoms. The van der Waals surface area contributed by atoms with Crippen LogP contribution in [-0.4, -0.2) is 25.5 Å². The maximum Gasteiger partial charge on any atom is 0.225 e. The monoisotopic (exact) mass is 393 g/mol. The number of hydrogen-bond acceptors (Lipinski definition) is 4. The lowest BCUT2D eigenvalue weighted by Crippen LogP contribution is -2.29. The number of nitrogens with one attached hydrogen (secondary N) is 1. The summed E-state index contributed by atoms with van der Waals surface area (Å²) >= 11 is 0. The van der Waals surface area contributed by atoms with Crippen molar-refractivity contribution in [3.63, 3.8) is 0 Å². The van der Waals surface area contributed by atoms with Gasteiger partial charge in [-0.15, -0.1) is 5.10 Å². The minimum Gasteiger partial charge on any atom is -0.346 e. The summed E-state index contributed by atoms with van der Waals surface area (Å²) in [6, 6.07) is 13.4. The van der Waals surface area contributed by atoms with Crippen LogP contribution in [0.2, 0.25) is 0 Å². The number of fused-ring (bicyclic) bond motifs is 1.